The molecule has 0 unspecified atom stereocenters. The molecule has 2 N–H and O–H groups in total. The number of nitrogens with one attached hydrogen (secondary N) is 1. The summed E-state index contributed by atoms with van der Waals surface area (Å²) in [6.07, 6.45) is 1.84. The highest BCUT2D eigenvalue weighted by Crippen LogP contribution is 2.03. The third kappa shape index (κ3) is 2.43. The predicted octanol–water partition coefficient (Wildman–Crippen LogP) is 0.701. The summed E-state index contributed by atoms with van der Waals surface area (Å²) in [5.41, 5.74) is 1.20. The Bertz CT molecular complexity index is 367. The lowest BCUT2D eigenvalue weighted by molar-refractivity contribution is -0.136. The SMILES string of the molecule is Cc1cc[nH]c(=O)c1CCC(=O)O. The number of aromatic amines is 1. The number of aromatic nitrogens is 1. The first-order chi connectivity index (χ1) is 6.11. The van der Waals surface area contributed by atoms with Crippen LogP contribution in [0.15, 0.2) is 17.1 Å². The molecular formula is C9H11NO3. The van der Waals surface area contributed by atoms with Crippen LogP contribution in [-0.2, 0) is 11.2 Å². The van der Waals surface area contributed by atoms with E-state index in [9.17, 15) is 9.59 Å². The first-order valence-corrected chi connectivity index (χ1v) is 4.00. The van der Waals surface area contributed by atoms with Gasteiger partial charge in [0.25, 0.3) is 5.56 Å². The van der Waals surface area contributed by atoms with E-state index in [1.54, 1.807) is 19.2 Å². The average Bonchev–Trinajstić information content (AvgIpc) is 2.03. The van der Waals surface area contributed by atoms with Crippen molar-refractivity contribution >= 4 is 5.97 Å². The Kier molecular flexibility index (Phi) is 2.84. The zero-order chi connectivity index (χ0) is 9.84. The third-order valence-electron chi connectivity index (χ3n) is 1.89. The molecule has 70 valence electrons. The van der Waals surface area contributed by atoms with Gasteiger partial charge in [-0.2, -0.15) is 0 Å². The molecule has 1 rings (SSSR count). The molecule has 1 aromatic rings. The van der Waals surface area contributed by atoms with E-state index in [1.165, 1.54) is 0 Å². The summed E-state index contributed by atoms with van der Waals surface area (Å²) < 4.78 is 0. The third-order valence-corrected chi connectivity index (χ3v) is 1.89. The molecule has 0 saturated heterocycles. The summed E-state index contributed by atoms with van der Waals surface area (Å²) in [7, 11) is 0. The Morgan fingerprint density at radius 2 is 2.31 bits per heavy atom. The van der Waals surface area contributed by atoms with Crippen molar-refractivity contribution in [1.82, 2.24) is 4.98 Å². The molecule has 4 nitrogen and oxygen atoms in total. The van der Waals surface area contributed by atoms with Crippen molar-refractivity contribution in [2.24, 2.45) is 0 Å². The Morgan fingerprint density at radius 1 is 1.62 bits per heavy atom. The highest BCUT2D eigenvalue weighted by atomic mass is 16.4. The van der Waals surface area contributed by atoms with Gasteiger partial charge in [-0.15, -0.1) is 0 Å². The minimum Gasteiger partial charge on any atom is -0.481 e. The molecule has 0 bridgehead atoms. The lowest BCUT2D eigenvalue weighted by Gasteiger charge is -2.00. The molecule has 1 aromatic heterocycles. The predicted molar refractivity (Wildman–Crippen MR) is 47.8 cm³/mol. The van der Waals surface area contributed by atoms with E-state index in [0.29, 0.717) is 5.56 Å². The fourth-order valence-corrected chi connectivity index (χ4v) is 1.15. The van der Waals surface area contributed by atoms with E-state index in [4.69, 9.17) is 5.11 Å². The van der Waals surface area contributed by atoms with Crippen LogP contribution < -0.4 is 5.56 Å². The molecule has 0 aliphatic rings. The van der Waals surface area contributed by atoms with Crippen molar-refractivity contribution in [2.45, 2.75) is 19.8 Å². The topological polar surface area (TPSA) is 70.2 Å². The zero-order valence-corrected chi connectivity index (χ0v) is 7.33. The van der Waals surface area contributed by atoms with E-state index < -0.39 is 5.97 Å². The van der Waals surface area contributed by atoms with E-state index >= 15 is 0 Å². The molecule has 0 fully saturated rings. The number of carboxylic acids is 1. The van der Waals surface area contributed by atoms with Crippen LogP contribution in [0.3, 0.4) is 0 Å². The van der Waals surface area contributed by atoms with Crippen molar-refractivity contribution in [1.29, 1.82) is 0 Å². The standard InChI is InChI=1S/C9H11NO3/c1-6-4-5-10-9(13)7(6)2-3-8(11)12/h4-5H,2-3H2,1H3,(H,10,13)(H,11,12). The van der Waals surface area contributed by atoms with Crippen molar-refractivity contribution in [3.8, 4) is 0 Å². The molecule has 0 radical (unpaired) electrons. The summed E-state index contributed by atoms with van der Waals surface area (Å²) in [6.45, 7) is 1.80. The Balaban J connectivity index is 2.87. The molecule has 13 heavy (non-hydrogen) atoms. The van der Waals surface area contributed by atoms with Crippen LogP contribution >= 0.6 is 0 Å². The molecule has 4 heteroatoms. The lowest BCUT2D eigenvalue weighted by atomic mass is 10.1. The van der Waals surface area contributed by atoms with Gasteiger partial charge >= 0.3 is 5.97 Å². The maximum absolute atomic E-state index is 11.2. The number of H-pyrrole nitrogens is 1. The van der Waals surface area contributed by atoms with Crippen LogP contribution in [0.4, 0.5) is 0 Å². The maximum atomic E-state index is 11.2. The minimum atomic E-state index is -0.886. The molecule has 0 aliphatic heterocycles. The van der Waals surface area contributed by atoms with Gasteiger partial charge in [0.2, 0.25) is 0 Å². The summed E-state index contributed by atoms with van der Waals surface area (Å²) >= 11 is 0. The number of aliphatic carboxylic acids is 1. The minimum absolute atomic E-state index is 0.00602. The zero-order valence-electron chi connectivity index (χ0n) is 7.33. The lowest BCUT2D eigenvalue weighted by Crippen LogP contribution is -2.14. The van der Waals surface area contributed by atoms with E-state index in [-0.39, 0.29) is 18.4 Å². The smallest absolute Gasteiger partial charge is 0.303 e. The molecule has 1 heterocycles. The summed E-state index contributed by atoms with van der Waals surface area (Å²) in [4.78, 5) is 24.0. The Labute approximate surface area is 75.2 Å². The van der Waals surface area contributed by atoms with Crippen LogP contribution in [0.25, 0.3) is 0 Å². The van der Waals surface area contributed by atoms with Crippen LogP contribution in [0.1, 0.15) is 17.5 Å². The summed E-state index contributed by atoms with van der Waals surface area (Å²) in [5.74, 6) is -0.886. The first-order valence-electron chi connectivity index (χ1n) is 4.00. The quantitative estimate of drug-likeness (QED) is 0.721. The van der Waals surface area contributed by atoms with Crippen LogP contribution in [0, 0.1) is 6.92 Å². The number of rotatable bonds is 3. The monoisotopic (exact) mass is 181 g/mol. The summed E-state index contributed by atoms with van der Waals surface area (Å²) in [5, 5.41) is 8.44. The summed E-state index contributed by atoms with van der Waals surface area (Å²) in [6, 6.07) is 1.76. The van der Waals surface area contributed by atoms with Gasteiger partial charge in [-0.3, -0.25) is 9.59 Å². The number of hydrogen-bond acceptors (Lipinski definition) is 2. The van der Waals surface area contributed by atoms with Gasteiger partial charge in [-0.05, 0) is 25.0 Å². The number of carbonyl (C=O) groups is 1. The van der Waals surface area contributed by atoms with Crippen molar-refractivity contribution in [3.63, 3.8) is 0 Å². The van der Waals surface area contributed by atoms with Gasteiger partial charge in [0.15, 0.2) is 0 Å². The van der Waals surface area contributed by atoms with Crippen molar-refractivity contribution < 1.29 is 9.90 Å². The van der Waals surface area contributed by atoms with Gasteiger partial charge in [0, 0.05) is 18.2 Å². The van der Waals surface area contributed by atoms with Crippen LogP contribution in [0.5, 0.6) is 0 Å². The number of pyridine rings is 1. The fourth-order valence-electron chi connectivity index (χ4n) is 1.15. The molecule has 0 aromatic carbocycles. The molecule has 0 atom stereocenters. The van der Waals surface area contributed by atoms with Gasteiger partial charge < -0.3 is 10.1 Å². The van der Waals surface area contributed by atoms with E-state index in [0.717, 1.165) is 5.56 Å². The molecule has 0 amide bonds. The number of aryl methyl sites for hydroxylation is 1. The van der Waals surface area contributed by atoms with Gasteiger partial charge in [-0.1, -0.05) is 0 Å². The van der Waals surface area contributed by atoms with Crippen LogP contribution in [-0.4, -0.2) is 16.1 Å². The second kappa shape index (κ2) is 3.89. The number of hydrogen-bond donors (Lipinski definition) is 2. The van der Waals surface area contributed by atoms with Gasteiger partial charge in [-0.25, -0.2) is 0 Å². The molecule has 0 spiro atoms. The largest absolute Gasteiger partial charge is 0.481 e. The second-order valence-corrected chi connectivity index (χ2v) is 2.86. The van der Waals surface area contributed by atoms with Crippen molar-refractivity contribution in [3.05, 3.63) is 33.7 Å². The Morgan fingerprint density at radius 3 is 2.85 bits per heavy atom. The maximum Gasteiger partial charge on any atom is 0.303 e. The average molecular weight is 181 g/mol. The van der Waals surface area contributed by atoms with E-state index in [1.807, 2.05) is 0 Å². The molecule has 0 saturated carbocycles. The highest BCUT2D eigenvalue weighted by molar-refractivity contribution is 5.67. The normalized spacial score (nSPS) is 9.92. The highest BCUT2D eigenvalue weighted by Gasteiger charge is 2.05. The fraction of sp³-hybridized carbons (Fsp3) is 0.333. The second-order valence-electron chi connectivity index (χ2n) is 2.86. The molecular weight excluding hydrogens is 170 g/mol. The molecule has 0 aliphatic carbocycles. The number of carboxylic acid groups (broad SMARTS) is 1. The van der Waals surface area contributed by atoms with Gasteiger partial charge in [0.1, 0.15) is 0 Å². The first kappa shape index (κ1) is 9.51. The van der Waals surface area contributed by atoms with Gasteiger partial charge in [0.05, 0.1) is 0 Å². The Hall–Kier alpha value is -1.58. The van der Waals surface area contributed by atoms with E-state index in [2.05, 4.69) is 4.98 Å². The van der Waals surface area contributed by atoms with Crippen molar-refractivity contribution in [2.75, 3.05) is 0 Å². The van der Waals surface area contributed by atoms with Crippen LogP contribution in [0.2, 0.25) is 0 Å².